The first-order valence-electron chi connectivity index (χ1n) is 7.60. The second-order valence-corrected chi connectivity index (χ2v) is 5.51. The number of nitrogens with zero attached hydrogens (tertiary/aromatic N) is 3. The molecule has 0 spiro atoms. The number of para-hydroxylation sites is 1. The number of aromatic nitrogens is 3. The Morgan fingerprint density at radius 1 is 1.17 bits per heavy atom. The minimum Gasteiger partial charge on any atom is -0.376 e. The Morgan fingerprint density at radius 3 is 2.62 bits per heavy atom. The molecule has 0 aliphatic carbocycles. The van der Waals surface area contributed by atoms with E-state index in [4.69, 9.17) is 0 Å². The third-order valence-corrected chi connectivity index (χ3v) is 3.71. The molecule has 0 radical (unpaired) electrons. The van der Waals surface area contributed by atoms with Crippen molar-refractivity contribution in [3.63, 3.8) is 0 Å². The Labute approximate surface area is 139 Å². The summed E-state index contributed by atoms with van der Waals surface area (Å²) in [5, 5.41) is 11.4. The fourth-order valence-electron chi connectivity index (χ4n) is 2.49. The molecule has 1 N–H and O–H groups in total. The van der Waals surface area contributed by atoms with Gasteiger partial charge in [0.25, 0.3) is 0 Å². The van der Waals surface area contributed by atoms with E-state index < -0.39 is 5.82 Å². The SMILES string of the molecule is CC(=O)c1c(F)cccc1NC(C)c1cn(-c2ccccc2)nn1. The average molecular weight is 324 g/mol. The van der Waals surface area contributed by atoms with Gasteiger partial charge < -0.3 is 5.32 Å². The fraction of sp³-hybridized carbons (Fsp3) is 0.167. The van der Waals surface area contributed by atoms with Crippen LogP contribution in [0.15, 0.2) is 54.7 Å². The normalized spacial score (nSPS) is 12.0. The molecule has 122 valence electrons. The molecule has 0 bridgehead atoms. The number of Topliss-reactive ketones (excluding diaryl/α,β-unsaturated/α-hetero) is 1. The molecular formula is C18H17FN4O. The lowest BCUT2D eigenvalue weighted by Crippen LogP contribution is -2.11. The molecule has 0 aliphatic rings. The summed E-state index contributed by atoms with van der Waals surface area (Å²) in [4.78, 5) is 11.7. The lowest BCUT2D eigenvalue weighted by molar-refractivity contribution is 0.101. The van der Waals surface area contributed by atoms with Gasteiger partial charge in [0.05, 0.1) is 23.5 Å². The average Bonchev–Trinajstić information content (AvgIpc) is 3.05. The van der Waals surface area contributed by atoms with Crippen molar-refractivity contribution in [2.75, 3.05) is 5.32 Å². The number of hydrogen-bond donors (Lipinski definition) is 1. The molecule has 5 nitrogen and oxygen atoms in total. The van der Waals surface area contributed by atoms with E-state index in [0.717, 1.165) is 5.69 Å². The topological polar surface area (TPSA) is 59.8 Å². The van der Waals surface area contributed by atoms with E-state index in [-0.39, 0.29) is 17.4 Å². The molecule has 24 heavy (non-hydrogen) atoms. The van der Waals surface area contributed by atoms with Crippen molar-refractivity contribution in [1.82, 2.24) is 15.0 Å². The van der Waals surface area contributed by atoms with E-state index in [1.807, 2.05) is 37.3 Å². The highest BCUT2D eigenvalue weighted by Gasteiger charge is 2.17. The van der Waals surface area contributed by atoms with E-state index in [9.17, 15) is 9.18 Å². The second kappa shape index (κ2) is 6.62. The van der Waals surface area contributed by atoms with Gasteiger partial charge in [-0.3, -0.25) is 4.79 Å². The van der Waals surface area contributed by atoms with E-state index in [2.05, 4.69) is 15.6 Å². The number of carbonyl (C=O) groups is 1. The molecule has 1 unspecified atom stereocenters. The van der Waals surface area contributed by atoms with Gasteiger partial charge in [0.15, 0.2) is 5.78 Å². The highest BCUT2D eigenvalue weighted by molar-refractivity contribution is 5.99. The summed E-state index contributed by atoms with van der Waals surface area (Å²) in [6.07, 6.45) is 1.81. The molecule has 0 aliphatic heterocycles. The van der Waals surface area contributed by atoms with Crippen molar-refractivity contribution in [3.8, 4) is 5.69 Å². The number of halogens is 1. The van der Waals surface area contributed by atoms with Gasteiger partial charge in [0.2, 0.25) is 0 Å². The molecule has 0 saturated carbocycles. The monoisotopic (exact) mass is 324 g/mol. The smallest absolute Gasteiger partial charge is 0.164 e. The number of anilines is 1. The molecule has 0 saturated heterocycles. The van der Waals surface area contributed by atoms with Crippen LogP contribution in [-0.4, -0.2) is 20.8 Å². The van der Waals surface area contributed by atoms with Crippen LogP contribution < -0.4 is 5.32 Å². The van der Waals surface area contributed by atoms with Crippen LogP contribution >= 0.6 is 0 Å². The first-order valence-corrected chi connectivity index (χ1v) is 7.60. The Kier molecular flexibility index (Phi) is 4.37. The van der Waals surface area contributed by atoms with Crippen LogP contribution in [0.4, 0.5) is 10.1 Å². The summed E-state index contributed by atoms with van der Waals surface area (Å²) >= 11 is 0. The molecule has 0 fully saturated rings. The number of nitrogens with one attached hydrogen (secondary N) is 1. The van der Waals surface area contributed by atoms with Crippen molar-refractivity contribution in [3.05, 3.63) is 71.8 Å². The zero-order chi connectivity index (χ0) is 17.1. The van der Waals surface area contributed by atoms with Crippen LogP contribution in [0, 0.1) is 5.82 Å². The largest absolute Gasteiger partial charge is 0.376 e. The summed E-state index contributed by atoms with van der Waals surface area (Å²) in [6, 6.07) is 13.9. The summed E-state index contributed by atoms with van der Waals surface area (Å²) in [5.41, 5.74) is 2.10. The first-order chi connectivity index (χ1) is 11.6. The van der Waals surface area contributed by atoms with Crippen LogP contribution in [-0.2, 0) is 0 Å². The molecule has 6 heteroatoms. The number of ketones is 1. The maximum atomic E-state index is 13.9. The standard InChI is InChI=1S/C18H17FN4O/c1-12(20-16-10-6-9-15(19)18(16)13(2)24)17-11-23(22-21-17)14-7-4-3-5-8-14/h3-12,20H,1-2H3. The maximum Gasteiger partial charge on any atom is 0.164 e. The summed E-state index contributed by atoms with van der Waals surface area (Å²) in [5.74, 6) is -0.858. The zero-order valence-electron chi connectivity index (χ0n) is 13.4. The Bertz CT molecular complexity index is 860. The van der Waals surface area contributed by atoms with Crippen LogP contribution in [0.2, 0.25) is 0 Å². The van der Waals surface area contributed by atoms with E-state index >= 15 is 0 Å². The molecular weight excluding hydrogens is 307 g/mol. The second-order valence-electron chi connectivity index (χ2n) is 5.51. The van der Waals surface area contributed by atoms with Gasteiger partial charge in [0.1, 0.15) is 11.5 Å². The van der Waals surface area contributed by atoms with Crippen LogP contribution in [0.1, 0.15) is 35.9 Å². The van der Waals surface area contributed by atoms with Gasteiger partial charge in [-0.1, -0.05) is 29.5 Å². The van der Waals surface area contributed by atoms with Gasteiger partial charge in [-0.25, -0.2) is 9.07 Å². The summed E-state index contributed by atoms with van der Waals surface area (Å²) in [6.45, 7) is 3.23. The molecule has 1 aromatic heterocycles. The molecule has 1 atom stereocenters. The molecule has 3 rings (SSSR count). The summed E-state index contributed by atoms with van der Waals surface area (Å²) in [7, 11) is 0. The van der Waals surface area contributed by atoms with Crippen molar-refractivity contribution < 1.29 is 9.18 Å². The lowest BCUT2D eigenvalue weighted by atomic mass is 10.1. The van der Waals surface area contributed by atoms with Crippen molar-refractivity contribution in [2.24, 2.45) is 0 Å². The van der Waals surface area contributed by atoms with E-state index in [1.54, 1.807) is 23.0 Å². The molecule has 1 heterocycles. The minimum absolute atomic E-state index is 0.0554. The van der Waals surface area contributed by atoms with Crippen molar-refractivity contribution in [1.29, 1.82) is 0 Å². The van der Waals surface area contributed by atoms with Gasteiger partial charge >= 0.3 is 0 Å². The molecule has 3 aromatic rings. The third-order valence-electron chi connectivity index (χ3n) is 3.71. The number of hydrogen-bond acceptors (Lipinski definition) is 4. The quantitative estimate of drug-likeness (QED) is 0.726. The predicted molar refractivity (Wildman–Crippen MR) is 89.8 cm³/mol. The van der Waals surface area contributed by atoms with Gasteiger partial charge in [-0.2, -0.15) is 0 Å². The first kappa shape index (κ1) is 15.9. The van der Waals surface area contributed by atoms with E-state index in [0.29, 0.717) is 11.4 Å². The predicted octanol–water partition coefficient (Wildman–Crippen LogP) is 3.78. The van der Waals surface area contributed by atoms with E-state index in [1.165, 1.54) is 13.0 Å². The fourth-order valence-corrected chi connectivity index (χ4v) is 2.49. The number of rotatable bonds is 5. The highest BCUT2D eigenvalue weighted by atomic mass is 19.1. The minimum atomic E-state index is -0.535. The molecule has 2 aromatic carbocycles. The van der Waals surface area contributed by atoms with Gasteiger partial charge in [0, 0.05) is 5.69 Å². The van der Waals surface area contributed by atoms with Crippen LogP contribution in [0.3, 0.4) is 0 Å². The van der Waals surface area contributed by atoms with Crippen molar-refractivity contribution >= 4 is 11.5 Å². The summed E-state index contributed by atoms with van der Waals surface area (Å²) < 4.78 is 15.6. The number of carbonyl (C=O) groups excluding carboxylic acids is 1. The Hall–Kier alpha value is -3.02. The van der Waals surface area contributed by atoms with Gasteiger partial charge in [-0.15, -0.1) is 5.10 Å². The van der Waals surface area contributed by atoms with Gasteiger partial charge in [-0.05, 0) is 38.1 Å². The Balaban J connectivity index is 1.84. The van der Waals surface area contributed by atoms with Crippen LogP contribution in [0.5, 0.6) is 0 Å². The maximum absolute atomic E-state index is 13.9. The van der Waals surface area contributed by atoms with Crippen molar-refractivity contribution in [2.45, 2.75) is 19.9 Å². The number of benzene rings is 2. The Morgan fingerprint density at radius 2 is 1.92 bits per heavy atom. The van der Waals surface area contributed by atoms with Crippen LogP contribution in [0.25, 0.3) is 5.69 Å². The zero-order valence-corrected chi connectivity index (χ0v) is 13.4. The third kappa shape index (κ3) is 3.17. The molecule has 0 amide bonds. The lowest BCUT2D eigenvalue weighted by Gasteiger charge is -2.15. The highest BCUT2D eigenvalue weighted by Crippen LogP contribution is 2.24.